The number of aromatic nitrogens is 1. The zero-order chi connectivity index (χ0) is 11.5. The normalized spacial score (nSPS) is 17.2. The molecule has 0 aromatic carbocycles. The molecule has 1 saturated heterocycles. The zero-order valence-electron chi connectivity index (χ0n) is 9.53. The van der Waals surface area contributed by atoms with Crippen molar-refractivity contribution in [2.75, 3.05) is 50.5 Å². The van der Waals surface area contributed by atoms with Crippen LogP contribution in [-0.4, -0.2) is 50.2 Å². The lowest BCUT2D eigenvalue weighted by Gasteiger charge is -2.32. The number of hydrogen-bond donors (Lipinski definition) is 1. The minimum Gasteiger partial charge on any atom is -0.364 e. The smallest absolute Gasteiger partial charge is 0.185 e. The summed E-state index contributed by atoms with van der Waals surface area (Å²) in [6, 6.07) is 2.22. The first kappa shape index (κ1) is 11.2. The molecule has 5 nitrogen and oxygen atoms in total. The molecule has 1 aromatic heterocycles. The van der Waals surface area contributed by atoms with E-state index in [1.807, 2.05) is 7.05 Å². The topological polar surface area (TPSA) is 55.2 Å². The summed E-state index contributed by atoms with van der Waals surface area (Å²) >= 11 is 1.42. The Morgan fingerprint density at radius 1 is 1.38 bits per heavy atom. The molecular weight excluding hydrogens is 222 g/mol. The molecule has 16 heavy (non-hydrogen) atoms. The number of nitrogens with zero attached hydrogens (tertiary/aromatic N) is 4. The van der Waals surface area contributed by atoms with E-state index in [0.29, 0.717) is 4.88 Å². The van der Waals surface area contributed by atoms with Crippen LogP contribution in [0.3, 0.4) is 0 Å². The van der Waals surface area contributed by atoms with Crippen molar-refractivity contribution < 1.29 is 0 Å². The van der Waals surface area contributed by atoms with Gasteiger partial charge in [0.25, 0.3) is 0 Å². The molecule has 86 valence electrons. The Morgan fingerprint density at radius 2 is 2.06 bits per heavy atom. The molecular formula is C10H15N5S. The summed E-state index contributed by atoms with van der Waals surface area (Å²) in [5.41, 5.74) is 0. The molecule has 2 rings (SSSR count). The van der Waals surface area contributed by atoms with Crippen LogP contribution in [0, 0.1) is 11.3 Å². The molecule has 1 aliphatic rings. The molecule has 6 heteroatoms. The maximum atomic E-state index is 9.07. The number of thiazole rings is 1. The van der Waals surface area contributed by atoms with Crippen molar-refractivity contribution in [3.05, 3.63) is 4.88 Å². The van der Waals surface area contributed by atoms with Gasteiger partial charge in [-0.3, -0.25) is 0 Å². The fourth-order valence-electron chi connectivity index (χ4n) is 1.72. The van der Waals surface area contributed by atoms with Crippen LogP contribution in [-0.2, 0) is 0 Å². The van der Waals surface area contributed by atoms with Crippen LogP contribution >= 0.6 is 11.3 Å². The second-order valence-corrected chi connectivity index (χ2v) is 4.82. The Balaban J connectivity index is 2.19. The predicted octanol–water partition coefficient (Wildman–Crippen LogP) is 0.808. The van der Waals surface area contributed by atoms with E-state index in [1.54, 1.807) is 0 Å². The Bertz CT molecular complexity index is 400. The minimum absolute atomic E-state index is 0.703. The van der Waals surface area contributed by atoms with Gasteiger partial charge < -0.3 is 15.1 Å². The molecule has 0 spiro atoms. The summed E-state index contributed by atoms with van der Waals surface area (Å²) in [4.78, 5) is 9.62. The van der Waals surface area contributed by atoms with E-state index in [0.717, 1.165) is 37.1 Å². The molecule has 1 N–H and O–H groups in total. The van der Waals surface area contributed by atoms with Crippen LogP contribution in [0.5, 0.6) is 0 Å². The summed E-state index contributed by atoms with van der Waals surface area (Å²) in [5, 5.41) is 12.9. The van der Waals surface area contributed by atoms with E-state index in [-0.39, 0.29) is 0 Å². The summed E-state index contributed by atoms with van der Waals surface area (Å²) in [6.07, 6.45) is 0. The van der Waals surface area contributed by atoms with E-state index in [2.05, 4.69) is 33.2 Å². The van der Waals surface area contributed by atoms with Crippen molar-refractivity contribution >= 4 is 22.3 Å². The highest BCUT2D eigenvalue weighted by atomic mass is 32.1. The van der Waals surface area contributed by atoms with Crippen LogP contribution in [0.2, 0.25) is 0 Å². The maximum absolute atomic E-state index is 9.07. The zero-order valence-corrected chi connectivity index (χ0v) is 10.3. The molecule has 1 fully saturated rings. The van der Waals surface area contributed by atoms with Crippen LogP contribution in [0.25, 0.3) is 0 Å². The van der Waals surface area contributed by atoms with Gasteiger partial charge >= 0.3 is 0 Å². The van der Waals surface area contributed by atoms with Gasteiger partial charge in [0, 0.05) is 33.2 Å². The highest BCUT2D eigenvalue weighted by Gasteiger charge is 2.20. The van der Waals surface area contributed by atoms with E-state index in [4.69, 9.17) is 5.26 Å². The van der Waals surface area contributed by atoms with Gasteiger partial charge in [0.1, 0.15) is 6.07 Å². The van der Waals surface area contributed by atoms with Crippen LogP contribution in [0.4, 0.5) is 10.9 Å². The molecule has 0 bridgehead atoms. The summed E-state index contributed by atoms with van der Waals surface area (Å²) in [5.74, 6) is 0.838. The van der Waals surface area contributed by atoms with Gasteiger partial charge in [-0.05, 0) is 7.05 Å². The average molecular weight is 237 g/mol. The van der Waals surface area contributed by atoms with E-state index >= 15 is 0 Å². The number of hydrogen-bond acceptors (Lipinski definition) is 6. The second kappa shape index (κ2) is 4.68. The molecule has 2 heterocycles. The molecule has 0 unspecified atom stereocenters. The van der Waals surface area contributed by atoms with Crippen LogP contribution in [0.15, 0.2) is 0 Å². The Labute approximate surface area is 99.3 Å². The van der Waals surface area contributed by atoms with E-state index < -0.39 is 0 Å². The van der Waals surface area contributed by atoms with Gasteiger partial charge in [-0.25, -0.2) is 4.98 Å². The Morgan fingerprint density at radius 3 is 2.62 bits per heavy atom. The van der Waals surface area contributed by atoms with E-state index in [9.17, 15) is 0 Å². The molecule has 0 aliphatic carbocycles. The highest BCUT2D eigenvalue weighted by Crippen LogP contribution is 2.29. The molecule has 0 atom stereocenters. The highest BCUT2D eigenvalue weighted by molar-refractivity contribution is 7.16. The first-order chi connectivity index (χ1) is 7.74. The van der Waals surface area contributed by atoms with Gasteiger partial charge in [-0.15, -0.1) is 0 Å². The number of rotatable bonds is 2. The summed E-state index contributed by atoms with van der Waals surface area (Å²) in [7, 11) is 3.94. The quantitative estimate of drug-likeness (QED) is 0.825. The van der Waals surface area contributed by atoms with E-state index in [1.165, 1.54) is 11.3 Å². The fraction of sp³-hybridized carbons (Fsp3) is 0.600. The predicted molar refractivity (Wildman–Crippen MR) is 66.1 cm³/mol. The first-order valence-corrected chi connectivity index (χ1v) is 6.08. The van der Waals surface area contributed by atoms with Crippen molar-refractivity contribution in [1.82, 2.24) is 9.88 Å². The van der Waals surface area contributed by atoms with Crippen molar-refractivity contribution in [2.45, 2.75) is 0 Å². The Kier molecular flexibility index (Phi) is 3.27. The van der Waals surface area contributed by atoms with Gasteiger partial charge in [0.2, 0.25) is 0 Å². The molecule has 1 aliphatic heterocycles. The van der Waals surface area contributed by atoms with Crippen molar-refractivity contribution in [3.63, 3.8) is 0 Å². The second-order valence-electron chi connectivity index (χ2n) is 3.82. The average Bonchev–Trinajstić information content (AvgIpc) is 2.73. The number of anilines is 2. The third-order valence-corrected chi connectivity index (χ3v) is 3.69. The number of nitrogens with one attached hydrogen (secondary N) is 1. The van der Waals surface area contributed by atoms with Crippen molar-refractivity contribution in [1.29, 1.82) is 5.26 Å². The standard InChI is InChI=1S/C10H15N5S/c1-12-10-13-9(8(7-11)16-10)15-5-3-14(2)4-6-15/h3-6H2,1-2H3,(H,12,13). The first-order valence-electron chi connectivity index (χ1n) is 5.26. The third-order valence-electron chi connectivity index (χ3n) is 2.73. The SMILES string of the molecule is CNc1nc(N2CCN(C)CC2)c(C#N)s1. The van der Waals surface area contributed by atoms with Gasteiger partial charge in [-0.2, -0.15) is 5.26 Å². The van der Waals surface area contributed by atoms with Crippen molar-refractivity contribution in [3.8, 4) is 6.07 Å². The largest absolute Gasteiger partial charge is 0.364 e. The fourth-order valence-corrected chi connectivity index (χ4v) is 2.46. The minimum atomic E-state index is 0.703. The monoisotopic (exact) mass is 237 g/mol. The summed E-state index contributed by atoms with van der Waals surface area (Å²) in [6.45, 7) is 3.94. The lowest BCUT2D eigenvalue weighted by Crippen LogP contribution is -2.44. The molecule has 0 radical (unpaired) electrons. The van der Waals surface area contributed by atoms with Crippen molar-refractivity contribution in [2.24, 2.45) is 0 Å². The van der Waals surface area contributed by atoms with Gasteiger partial charge in [0.05, 0.1) is 0 Å². The van der Waals surface area contributed by atoms with Gasteiger partial charge in [0.15, 0.2) is 15.8 Å². The Hall–Kier alpha value is -1.32. The molecule has 0 amide bonds. The molecule has 1 aromatic rings. The molecule has 0 saturated carbocycles. The number of likely N-dealkylation sites (N-methyl/N-ethyl adjacent to an activating group) is 1. The third kappa shape index (κ3) is 2.10. The lowest BCUT2D eigenvalue weighted by molar-refractivity contribution is 0.312. The number of nitriles is 1. The number of piperazine rings is 1. The summed E-state index contributed by atoms with van der Waals surface area (Å²) < 4.78 is 0. The lowest BCUT2D eigenvalue weighted by atomic mass is 10.3. The maximum Gasteiger partial charge on any atom is 0.185 e. The van der Waals surface area contributed by atoms with Crippen LogP contribution < -0.4 is 10.2 Å². The van der Waals surface area contributed by atoms with Crippen LogP contribution in [0.1, 0.15) is 4.88 Å². The van der Waals surface area contributed by atoms with Gasteiger partial charge in [-0.1, -0.05) is 11.3 Å².